The van der Waals surface area contributed by atoms with E-state index < -0.39 is 5.97 Å². The predicted molar refractivity (Wildman–Crippen MR) is 43.0 cm³/mol. The number of hydrogen-bond donors (Lipinski definition) is 2. The molecular weight excluding hydrogens is 166 g/mol. The van der Waals surface area contributed by atoms with Gasteiger partial charge in [-0.05, 0) is 25.8 Å². The predicted octanol–water partition coefficient (Wildman–Crippen LogP) is 0.635. The van der Waals surface area contributed by atoms with E-state index in [4.69, 9.17) is 5.11 Å². The molecule has 1 saturated heterocycles. The Labute approximate surface area is 71.6 Å². The van der Waals surface area contributed by atoms with Gasteiger partial charge in [-0.15, -0.1) is 12.4 Å². The molecule has 1 heterocycles. The molecule has 1 saturated carbocycles. The summed E-state index contributed by atoms with van der Waals surface area (Å²) >= 11 is 0. The van der Waals surface area contributed by atoms with Crippen molar-refractivity contribution in [3.63, 3.8) is 0 Å². The standard InChI is InChI=1S/C7H11NO2.ClH/c9-6(10)5-3-7(4-5)1-2-8-7;/h5,8H,1-4H2,(H,9,10);1H. The fourth-order valence-corrected chi connectivity index (χ4v) is 1.89. The van der Waals surface area contributed by atoms with Crippen molar-refractivity contribution in [3.8, 4) is 0 Å². The van der Waals surface area contributed by atoms with Crippen molar-refractivity contribution in [3.05, 3.63) is 0 Å². The Balaban J connectivity index is 0.000000605. The minimum absolute atomic E-state index is 0. The number of carboxylic acids is 1. The summed E-state index contributed by atoms with van der Waals surface area (Å²) in [5.74, 6) is -0.688. The first-order valence-corrected chi connectivity index (χ1v) is 3.70. The maximum Gasteiger partial charge on any atom is 0.306 e. The highest BCUT2D eigenvalue weighted by Gasteiger charge is 2.50. The molecule has 0 aromatic carbocycles. The quantitative estimate of drug-likeness (QED) is 0.618. The lowest BCUT2D eigenvalue weighted by Crippen LogP contribution is -2.65. The molecule has 4 heteroatoms. The number of carboxylic acid groups (broad SMARTS) is 1. The van der Waals surface area contributed by atoms with Gasteiger partial charge in [-0.2, -0.15) is 0 Å². The first-order valence-electron chi connectivity index (χ1n) is 3.70. The fourth-order valence-electron chi connectivity index (χ4n) is 1.89. The zero-order chi connectivity index (χ0) is 7.19. The molecule has 0 amide bonds. The molecule has 3 nitrogen and oxygen atoms in total. The van der Waals surface area contributed by atoms with E-state index in [2.05, 4.69) is 5.32 Å². The van der Waals surface area contributed by atoms with E-state index in [-0.39, 0.29) is 23.9 Å². The van der Waals surface area contributed by atoms with Crippen LogP contribution in [0.1, 0.15) is 19.3 Å². The highest BCUT2D eigenvalue weighted by Crippen LogP contribution is 2.44. The van der Waals surface area contributed by atoms with Crippen LogP contribution in [0.4, 0.5) is 0 Å². The first-order chi connectivity index (χ1) is 4.72. The monoisotopic (exact) mass is 177 g/mol. The van der Waals surface area contributed by atoms with E-state index in [9.17, 15) is 4.79 Å². The first kappa shape index (κ1) is 8.81. The van der Waals surface area contributed by atoms with Gasteiger partial charge >= 0.3 is 5.97 Å². The zero-order valence-electron chi connectivity index (χ0n) is 6.17. The highest BCUT2D eigenvalue weighted by atomic mass is 35.5. The van der Waals surface area contributed by atoms with Gasteiger partial charge in [-0.1, -0.05) is 0 Å². The molecule has 1 aliphatic heterocycles. The van der Waals surface area contributed by atoms with Gasteiger partial charge in [0.2, 0.25) is 0 Å². The Morgan fingerprint density at radius 1 is 1.55 bits per heavy atom. The van der Waals surface area contributed by atoms with E-state index in [1.807, 2.05) is 0 Å². The SMILES string of the molecule is Cl.O=C(O)C1CC2(CCN2)C1. The molecule has 1 spiro atoms. The second-order valence-corrected chi connectivity index (χ2v) is 3.40. The van der Waals surface area contributed by atoms with E-state index in [0.29, 0.717) is 0 Å². The van der Waals surface area contributed by atoms with Crippen molar-refractivity contribution in [2.75, 3.05) is 6.54 Å². The van der Waals surface area contributed by atoms with Crippen molar-refractivity contribution in [1.29, 1.82) is 0 Å². The number of carbonyl (C=O) groups is 1. The maximum absolute atomic E-state index is 10.4. The van der Waals surface area contributed by atoms with Gasteiger partial charge in [0.25, 0.3) is 0 Å². The summed E-state index contributed by atoms with van der Waals surface area (Å²) in [4.78, 5) is 10.4. The summed E-state index contributed by atoms with van der Waals surface area (Å²) in [6.45, 7) is 1.08. The molecule has 0 radical (unpaired) electrons. The van der Waals surface area contributed by atoms with Crippen LogP contribution in [0.2, 0.25) is 0 Å². The Bertz CT molecular complexity index is 171. The normalized spacial score (nSPS) is 40.2. The summed E-state index contributed by atoms with van der Waals surface area (Å²) in [6, 6.07) is 0. The maximum atomic E-state index is 10.4. The second kappa shape index (κ2) is 2.64. The smallest absolute Gasteiger partial charge is 0.306 e. The molecule has 2 aliphatic rings. The minimum atomic E-state index is -0.626. The zero-order valence-corrected chi connectivity index (χ0v) is 6.99. The van der Waals surface area contributed by atoms with E-state index in [0.717, 1.165) is 19.4 Å². The Morgan fingerprint density at radius 2 is 2.09 bits per heavy atom. The van der Waals surface area contributed by atoms with Crippen LogP contribution in [0.25, 0.3) is 0 Å². The third kappa shape index (κ3) is 1.23. The molecule has 2 rings (SSSR count). The van der Waals surface area contributed by atoms with Gasteiger partial charge in [0.15, 0.2) is 0 Å². The van der Waals surface area contributed by atoms with Crippen LogP contribution < -0.4 is 5.32 Å². The van der Waals surface area contributed by atoms with E-state index >= 15 is 0 Å². The molecule has 2 N–H and O–H groups in total. The Kier molecular flexibility index (Phi) is 2.12. The summed E-state index contributed by atoms with van der Waals surface area (Å²) in [5, 5.41) is 11.8. The summed E-state index contributed by atoms with van der Waals surface area (Å²) in [5.41, 5.74) is 0.267. The molecular formula is C7H12ClNO2. The lowest BCUT2D eigenvalue weighted by Gasteiger charge is -2.53. The van der Waals surface area contributed by atoms with E-state index in [1.54, 1.807) is 0 Å². The number of halogens is 1. The summed E-state index contributed by atoms with van der Waals surface area (Å²) < 4.78 is 0. The van der Waals surface area contributed by atoms with Gasteiger partial charge in [-0.25, -0.2) is 0 Å². The van der Waals surface area contributed by atoms with Gasteiger partial charge in [0.1, 0.15) is 0 Å². The number of rotatable bonds is 1. The molecule has 0 aromatic heterocycles. The Hall–Kier alpha value is -0.280. The molecule has 0 bridgehead atoms. The third-order valence-electron chi connectivity index (χ3n) is 2.73. The lowest BCUT2D eigenvalue weighted by molar-refractivity contribution is -0.149. The van der Waals surface area contributed by atoms with Crippen LogP contribution in [0, 0.1) is 5.92 Å². The molecule has 2 fully saturated rings. The second-order valence-electron chi connectivity index (χ2n) is 3.40. The molecule has 0 aromatic rings. The van der Waals surface area contributed by atoms with Crippen molar-refractivity contribution in [1.82, 2.24) is 5.32 Å². The Morgan fingerprint density at radius 3 is 2.36 bits per heavy atom. The molecule has 0 unspecified atom stereocenters. The average Bonchev–Trinajstić information content (AvgIpc) is 1.54. The topological polar surface area (TPSA) is 49.3 Å². The lowest BCUT2D eigenvalue weighted by atomic mass is 9.63. The van der Waals surface area contributed by atoms with Crippen molar-refractivity contribution >= 4 is 18.4 Å². The molecule has 1 aliphatic carbocycles. The van der Waals surface area contributed by atoms with Crippen LogP contribution in [-0.4, -0.2) is 23.2 Å². The summed E-state index contributed by atoms with van der Waals surface area (Å²) in [7, 11) is 0. The van der Waals surface area contributed by atoms with Crippen LogP contribution in [0.5, 0.6) is 0 Å². The van der Waals surface area contributed by atoms with Crippen molar-refractivity contribution in [2.24, 2.45) is 5.92 Å². The fraction of sp³-hybridized carbons (Fsp3) is 0.857. The van der Waals surface area contributed by atoms with Crippen LogP contribution in [-0.2, 0) is 4.79 Å². The van der Waals surface area contributed by atoms with Crippen LogP contribution in [0.15, 0.2) is 0 Å². The number of hydrogen-bond acceptors (Lipinski definition) is 2. The minimum Gasteiger partial charge on any atom is -0.481 e. The highest BCUT2D eigenvalue weighted by molar-refractivity contribution is 5.85. The van der Waals surface area contributed by atoms with Crippen LogP contribution >= 0.6 is 12.4 Å². The van der Waals surface area contributed by atoms with Crippen LogP contribution in [0.3, 0.4) is 0 Å². The van der Waals surface area contributed by atoms with Gasteiger partial charge in [-0.3, -0.25) is 4.79 Å². The largest absolute Gasteiger partial charge is 0.481 e. The van der Waals surface area contributed by atoms with E-state index in [1.165, 1.54) is 6.42 Å². The van der Waals surface area contributed by atoms with Gasteiger partial charge < -0.3 is 10.4 Å². The summed E-state index contributed by atoms with van der Waals surface area (Å²) in [6.07, 6.45) is 2.88. The van der Waals surface area contributed by atoms with Gasteiger partial charge in [0.05, 0.1) is 5.92 Å². The van der Waals surface area contributed by atoms with Gasteiger partial charge in [0, 0.05) is 5.54 Å². The molecule has 0 atom stereocenters. The molecule has 64 valence electrons. The number of nitrogens with one attached hydrogen (secondary N) is 1. The third-order valence-corrected chi connectivity index (χ3v) is 2.73. The average molecular weight is 178 g/mol. The van der Waals surface area contributed by atoms with Crippen molar-refractivity contribution in [2.45, 2.75) is 24.8 Å². The molecule has 11 heavy (non-hydrogen) atoms. The number of aliphatic carboxylic acids is 1. The van der Waals surface area contributed by atoms with Crippen molar-refractivity contribution < 1.29 is 9.90 Å².